The first-order valence-electron chi connectivity index (χ1n) is 9.99. The van der Waals surface area contributed by atoms with Gasteiger partial charge >= 0.3 is 0 Å². The summed E-state index contributed by atoms with van der Waals surface area (Å²) in [5, 5.41) is 12.4. The summed E-state index contributed by atoms with van der Waals surface area (Å²) < 4.78 is 6.40. The predicted octanol–water partition coefficient (Wildman–Crippen LogP) is 4.45. The number of anilines is 2. The molecule has 1 saturated heterocycles. The van der Waals surface area contributed by atoms with E-state index in [9.17, 15) is 4.79 Å². The van der Waals surface area contributed by atoms with Crippen LogP contribution in [-0.4, -0.2) is 41.1 Å². The van der Waals surface area contributed by atoms with Crippen molar-refractivity contribution in [2.45, 2.75) is 29.8 Å². The number of para-hydroxylation sites is 1. The lowest BCUT2D eigenvalue weighted by atomic mass is 10.2. The molecule has 2 heterocycles. The molecule has 1 amide bonds. The van der Waals surface area contributed by atoms with Crippen LogP contribution in [0.4, 0.5) is 10.8 Å². The zero-order valence-electron chi connectivity index (χ0n) is 16.6. The summed E-state index contributed by atoms with van der Waals surface area (Å²) in [6.45, 7) is 2.12. The first kappa shape index (κ1) is 20.8. The Balaban J connectivity index is 1.35. The minimum absolute atomic E-state index is 0.0408. The largest absolute Gasteiger partial charge is 0.376 e. The molecule has 1 aliphatic heterocycles. The van der Waals surface area contributed by atoms with E-state index in [1.807, 2.05) is 65.6 Å². The molecule has 1 N–H and O–H groups in total. The summed E-state index contributed by atoms with van der Waals surface area (Å²) in [4.78, 5) is 14.9. The molecule has 0 saturated carbocycles. The van der Waals surface area contributed by atoms with Crippen LogP contribution in [0.25, 0.3) is 0 Å². The van der Waals surface area contributed by atoms with Gasteiger partial charge < -0.3 is 15.0 Å². The van der Waals surface area contributed by atoms with Gasteiger partial charge in [0.05, 0.1) is 18.4 Å². The van der Waals surface area contributed by atoms with Crippen molar-refractivity contribution in [3.8, 4) is 0 Å². The van der Waals surface area contributed by atoms with Gasteiger partial charge in [0.15, 0.2) is 4.34 Å². The van der Waals surface area contributed by atoms with Gasteiger partial charge in [-0.15, -0.1) is 10.2 Å². The van der Waals surface area contributed by atoms with E-state index in [0.717, 1.165) is 46.7 Å². The van der Waals surface area contributed by atoms with Crippen LogP contribution in [-0.2, 0) is 16.1 Å². The predicted molar refractivity (Wildman–Crippen MR) is 122 cm³/mol. The molecule has 156 valence electrons. The van der Waals surface area contributed by atoms with Gasteiger partial charge in [-0.2, -0.15) is 0 Å². The zero-order valence-corrected chi connectivity index (χ0v) is 18.2. The van der Waals surface area contributed by atoms with Crippen LogP contribution in [0, 0.1) is 0 Å². The quantitative estimate of drug-likeness (QED) is 0.496. The fraction of sp³-hybridized carbons (Fsp3) is 0.318. The highest BCUT2D eigenvalue weighted by atomic mass is 32.2. The number of amides is 1. The molecule has 1 fully saturated rings. The molecule has 8 heteroatoms. The second-order valence-corrected chi connectivity index (χ2v) is 9.18. The number of hydrogen-bond acceptors (Lipinski definition) is 7. The lowest BCUT2D eigenvalue weighted by Gasteiger charge is -2.22. The van der Waals surface area contributed by atoms with Gasteiger partial charge in [-0.3, -0.25) is 4.79 Å². The van der Waals surface area contributed by atoms with Crippen LogP contribution < -0.4 is 10.2 Å². The Morgan fingerprint density at radius 3 is 2.63 bits per heavy atom. The van der Waals surface area contributed by atoms with Gasteiger partial charge in [-0.25, -0.2) is 0 Å². The van der Waals surface area contributed by atoms with Crippen molar-refractivity contribution in [1.82, 2.24) is 10.2 Å². The molecule has 30 heavy (non-hydrogen) atoms. The number of aromatic nitrogens is 2. The third-order valence-corrected chi connectivity index (χ3v) is 6.78. The first-order chi connectivity index (χ1) is 14.8. The molecular formula is C22H24N4O2S2. The third-order valence-electron chi connectivity index (χ3n) is 4.78. The van der Waals surface area contributed by atoms with Crippen molar-refractivity contribution in [1.29, 1.82) is 0 Å². The van der Waals surface area contributed by atoms with Crippen LogP contribution >= 0.6 is 23.1 Å². The van der Waals surface area contributed by atoms with Crippen LogP contribution in [0.15, 0.2) is 65.0 Å². The topological polar surface area (TPSA) is 67.3 Å². The molecule has 1 atom stereocenters. The highest BCUT2D eigenvalue weighted by Gasteiger charge is 2.19. The molecule has 3 aromatic rings. The minimum atomic E-state index is 0.0408. The summed E-state index contributed by atoms with van der Waals surface area (Å²) in [7, 11) is 0. The molecule has 0 aliphatic carbocycles. The molecule has 4 rings (SSSR count). The van der Waals surface area contributed by atoms with Crippen LogP contribution in [0.5, 0.6) is 0 Å². The summed E-state index contributed by atoms with van der Waals surface area (Å²) in [5.74, 6) is 0.348. The van der Waals surface area contributed by atoms with E-state index in [0.29, 0.717) is 12.3 Å². The van der Waals surface area contributed by atoms with Crippen LogP contribution in [0.3, 0.4) is 0 Å². The molecule has 1 aromatic heterocycles. The molecule has 1 unspecified atom stereocenters. The molecular weight excluding hydrogens is 416 g/mol. The van der Waals surface area contributed by atoms with Gasteiger partial charge in [-0.05, 0) is 30.5 Å². The fourth-order valence-electron chi connectivity index (χ4n) is 3.24. The number of hydrogen-bond donors (Lipinski definition) is 1. The van der Waals surface area contributed by atoms with Crippen molar-refractivity contribution >= 4 is 39.8 Å². The number of rotatable bonds is 9. The highest BCUT2D eigenvalue weighted by Crippen LogP contribution is 2.27. The maximum Gasteiger partial charge on any atom is 0.237 e. The Morgan fingerprint density at radius 1 is 1.13 bits per heavy atom. The number of nitrogens with one attached hydrogen (secondary N) is 1. The maximum atomic E-state index is 13.1. The second kappa shape index (κ2) is 10.6. The van der Waals surface area contributed by atoms with E-state index in [2.05, 4.69) is 15.5 Å². The Hall–Kier alpha value is -2.42. The minimum Gasteiger partial charge on any atom is -0.376 e. The average Bonchev–Trinajstić information content (AvgIpc) is 3.48. The van der Waals surface area contributed by atoms with Crippen LogP contribution in [0.1, 0.15) is 18.4 Å². The van der Waals surface area contributed by atoms with Crippen LogP contribution in [0.2, 0.25) is 0 Å². The van der Waals surface area contributed by atoms with Gasteiger partial charge in [0, 0.05) is 18.8 Å². The lowest BCUT2D eigenvalue weighted by molar-refractivity contribution is -0.116. The Bertz CT molecular complexity index is 931. The van der Waals surface area contributed by atoms with E-state index < -0.39 is 0 Å². The standard InChI is InChI=1S/C22H24N4O2S2/c27-20(16-29-22-25-24-21(30-22)23-14-19-12-7-13-28-19)26(18-10-5-2-6-11-18)15-17-8-3-1-4-9-17/h1-6,8-11,19H,7,12-16H2,(H,23,24). The summed E-state index contributed by atoms with van der Waals surface area (Å²) >= 11 is 2.90. The third kappa shape index (κ3) is 5.81. The maximum absolute atomic E-state index is 13.1. The zero-order chi connectivity index (χ0) is 20.6. The normalized spacial score (nSPS) is 15.8. The van der Waals surface area contributed by atoms with Gasteiger partial charge in [-0.1, -0.05) is 71.6 Å². The summed E-state index contributed by atoms with van der Waals surface area (Å²) in [6.07, 6.45) is 2.45. The Kier molecular flexibility index (Phi) is 7.34. The molecule has 1 aliphatic rings. The molecule has 6 nitrogen and oxygen atoms in total. The second-order valence-electron chi connectivity index (χ2n) is 6.98. The summed E-state index contributed by atoms with van der Waals surface area (Å²) in [6, 6.07) is 19.8. The van der Waals surface area contributed by atoms with E-state index >= 15 is 0 Å². The van der Waals surface area contributed by atoms with Crippen molar-refractivity contribution in [2.24, 2.45) is 0 Å². The molecule has 2 aromatic carbocycles. The van der Waals surface area contributed by atoms with E-state index in [4.69, 9.17) is 4.74 Å². The lowest BCUT2D eigenvalue weighted by Crippen LogP contribution is -2.31. The fourth-order valence-corrected chi connectivity index (χ4v) is 4.88. The number of nitrogens with zero attached hydrogens (tertiary/aromatic N) is 3. The number of thioether (sulfide) groups is 1. The number of carbonyl (C=O) groups excluding carboxylic acids is 1. The highest BCUT2D eigenvalue weighted by molar-refractivity contribution is 8.01. The molecule has 0 radical (unpaired) electrons. The van der Waals surface area contributed by atoms with Gasteiger partial charge in [0.2, 0.25) is 11.0 Å². The van der Waals surface area contributed by atoms with Crippen molar-refractivity contribution < 1.29 is 9.53 Å². The SMILES string of the molecule is O=C(CSc1nnc(NCC2CCCO2)s1)N(Cc1ccccc1)c1ccccc1. The van der Waals surface area contributed by atoms with Crippen molar-refractivity contribution in [2.75, 3.05) is 29.1 Å². The summed E-state index contributed by atoms with van der Waals surface area (Å²) in [5.41, 5.74) is 1.99. The van der Waals surface area contributed by atoms with E-state index in [-0.39, 0.29) is 12.0 Å². The average molecular weight is 441 g/mol. The van der Waals surface area contributed by atoms with E-state index in [1.165, 1.54) is 23.1 Å². The number of ether oxygens (including phenoxy) is 1. The van der Waals surface area contributed by atoms with Crippen molar-refractivity contribution in [3.05, 3.63) is 66.2 Å². The van der Waals surface area contributed by atoms with E-state index in [1.54, 1.807) is 0 Å². The Labute approximate surface area is 184 Å². The van der Waals surface area contributed by atoms with Gasteiger partial charge in [0.1, 0.15) is 0 Å². The number of benzene rings is 2. The smallest absolute Gasteiger partial charge is 0.237 e. The number of carbonyl (C=O) groups is 1. The monoisotopic (exact) mass is 440 g/mol. The molecule has 0 bridgehead atoms. The van der Waals surface area contributed by atoms with Gasteiger partial charge in [0.25, 0.3) is 0 Å². The first-order valence-corrected chi connectivity index (χ1v) is 11.8. The Morgan fingerprint density at radius 2 is 1.90 bits per heavy atom. The molecule has 0 spiro atoms. The van der Waals surface area contributed by atoms with Crippen molar-refractivity contribution in [3.63, 3.8) is 0 Å².